The fraction of sp³-hybridized carbons (Fsp3) is 0.125. The number of hydrogen-bond donors (Lipinski definition) is 3. The maximum Gasteiger partial charge on any atom is 0.255 e. The zero-order valence-corrected chi connectivity index (χ0v) is 18.1. The summed E-state index contributed by atoms with van der Waals surface area (Å²) in [4.78, 5) is 37.3. The van der Waals surface area contributed by atoms with E-state index in [-0.39, 0.29) is 30.8 Å². The minimum absolute atomic E-state index is 0.204. The Labute approximate surface area is 190 Å². The van der Waals surface area contributed by atoms with Gasteiger partial charge in [0.1, 0.15) is 5.75 Å². The number of carbonyl (C=O) groups is 3. The summed E-state index contributed by atoms with van der Waals surface area (Å²) in [5.41, 5.74) is 1.49. The normalized spacial score (nSPS) is 10.2. The van der Waals surface area contributed by atoms with Crippen LogP contribution in [0, 0.1) is 0 Å². The minimum Gasteiger partial charge on any atom is -0.497 e. The monoisotopic (exact) mass is 451 g/mol. The molecule has 0 saturated heterocycles. The number of ether oxygens (including phenoxy) is 1. The van der Waals surface area contributed by atoms with E-state index in [2.05, 4.69) is 16.0 Å². The number of methoxy groups -OCH3 is 1. The van der Waals surface area contributed by atoms with Crippen LogP contribution in [-0.2, 0) is 0 Å². The molecule has 0 bridgehead atoms. The number of halogens is 1. The molecule has 0 radical (unpaired) electrons. The Balaban J connectivity index is 1.56. The average Bonchev–Trinajstić information content (AvgIpc) is 2.82. The lowest BCUT2D eigenvalue weighted by Gasteiger charge is -2.12. The molecule has 7 nitrogen and oxygen atoms in total. The minimum atomic E-state index is -0.373. The predicted octanol–water partition coefficient (Wildman–Crippen LogP) is 3.76. The topological polar surface area (TPSA) is 96.5 Å². The molecule has 0 aliphatic rings. The molecule has 3 aromatic carbocycles. The highest BCUT2D eigenvalue weighted by Gasteiger charge is 2.14. The number of rotatable bonds is 8. The number of para-hydroxylation sites is 1. The number of anilines is 1. The second-order valence-corrected chi connectivity index (χ2v) is 7.13. The summed E-state index contributed by atoms with van der Waals surface area (Å²) in [6.07, 6.45) is 0. The smallest absolute Gasteiger partial charge is 0.255 e. The second kappa shape index (κ2) is 11.0. The van der Waals surface area contributed by atoms with Crippen LogP contribution in [0.25, 0.3) is 0 Å². The van der Waals surface area contributed by atoms with Gasteiger partial charge < -0.3 is 20.7 Å². The lowest BCUT2D eigenvalue weighted by Crippen LogP contribution is -2.35. The first-order valence-electron chi connectivity index (χ1n) is 9.85. The molecule has 0 spiro atoms. The highest BCUT2D eigenvalue weighted by molar-refractivity contribution is 6.33. The Morgan fingerprint density at radius 3 is 1.94 bits per heavy atom. The van der Waals surface area contributed by atoms with Crippen molar-refractivity contribution in [2.45, 2.75) is 0 Å². The van der Waals surface area contributed by atoms with Gasteiger partial charge in [-0.05, 0) is 48.5 Å². The Morgan fingerprint density at radius 2 is 1.31 bits per heavy atom. The van der Waals surface area contributed by atoms with Crippen LogP contribution in [0.15, 0.2) is 72.8 Å². The molecular weight excluding hydrogens is 430 g/mol. The van der Waals surface area contributed by atoms with Gasteiger partial charge in [-0.1, -0.05) is 35.9 Å². The van der Waals surface area contributed by atoms with Gasteiger partial charge in [-0.3, -0.25) is 14.4 Å². The van der Waals surface area contributed by atoms with Crippen LogP contribution in [0.3, 0.4) is 0 Å². The van der Waals surface area contributed by atoms with E-state index in [1.54, 1.807) is 79.9 Å². The Bertz CT molecular complexity index is 1120. The van der Waals surface area contributed by atoms with Crippen molar-refractivity contribution in [3.63, 3.8) is 0 Å². The van der Waals surface area contributed by atoms with Crippen LogP contribution >= 0.6 is 11.6 Å². The molecule has 0 unspecified atom stereocenters. The Hall–Kier alpha value is -3.84. The van der Waals surface area contributed by atoms with Gasteiger partial charge >= 0.3 is 0 Å². The predicted molar refractivity (Wildman–Crippen MR) is 124 cm³/mol. The van der Waals surface area contributed by atoms with E-state index >= 15 is 0 Å². The third-order valence-corrected chi connectivity index (χ3v) is 4.92. The molecule has 164 valence electrons. The maximum atomic E-state index is 12.6. The first kappa shape index (κ1) is 22.8. The first-order valence-corrected chi connectivity index (χ1v) is 10.2. The molecule has 3 N–H and O–H groups in total. The number of amides is 3. The molecule has 8 heteroatoms. The van der Waals surface area contributed by atoms with Crippen molar-refractivity contribution in [3.05, 3.63) is 94.5 Å². The van der Waals surface area contributed by atoms with Crippen molar-refractivity contribution >= 4 is 35.0 Å². The van der Waals surface area contributed by atoms with Crippen LogP contribution < -0.4 is 20.7 Å². The largest absolute Gasteiger partial charge is 0.497 e. The van der Waals surface area contributed by atoms with Gasteiger partial charge in [-0.2, -0.15) is 0 Å². The number of hydrogen-bond acceptors (Lipinski definition) is 4. The van der Waals surface area contributed by atoms with E-state index in [4.69, 9.17) is 16.3 Å². The zero-order valence-electron chi connectivity index (χ0n) is 17.4. The summed E-state index contributed by atoms with van der Waals surface area (Å²) in [5, 5.41) is 8.55. The van der Waals surface area contributed by atoms with E-state index < -0.39 is 0 Å². The lowest BCUT2D eigenvalue weighted by atomic mass is 10.1. The van der Waals surface area contributed by atoms with Crippen molar-refractivity contribution < 1.29 is 19.1 Å². The molecule has 0 aliphatic heterocycles. The molecule has 32 heavy (non-hydrogen) atoms. The standard InChI is InChI=1S/C24H22ClN3O4/c1-32-17-12-10-16(11-13-17)22(29)28-21-9-5-3-7-19(21)24(31)27-15-14-26-23(30)18-6-2-4-8-20(18)25/h2-13H,14-15H2,1H3,(H,26,30)(H,27,31)(H,28,29). The maximum absolute atomic E-state index is 12.6. The van der Waals surface area contributed by atoms with E-state index in [1.807, 2.05) is 0 Å². The number of nitrogens with one attached hydrogen (secondary N) is 3. The molecule has 0 saturated carbocycles. The molecule has 3 rings (SSSR count). The first-order chi connectivity index (χ1) is 15.5. The van der Waals surface area contributed by atoms with Gasteiger partial charge in [-0.25, -0.2) is 0 Å². The van der Waals surface area contributed by atoms with E-state index in [0.29, 0.717) is 33.1 Å². The summed E-state index contributed by atoms with van der Waals surface area (Å²) in [5.74, 6) is -0.400. The summed E-state index contributed by atoms with van der Waals surface area (Å²) in [6, 6.07) is 20.1. The Kier molecular flexibility index (Phi) is 7.83. The highest BCUT2D eigenvalue weighted by Crippen LogP contribution is 2.18. The highest BCUT2D eigenvalue weighted by atomic mass is 35.5. The van der Waals surface area contributed by atoms with Gasteiger partial charge in [0, 0.05) is 18.7 Å². The summed E-state index contributed by atoms with van der Waals surface area (Å²) in [6.45, 7) is 0.423. The quantitative estimate of drug-likeness (QED) is 0.454. The summed E-state index contributed by atoms with van der Waals surface area (Å²) < 4.78 is 5.09. The molecule has 3 amide bonds. The molecule has 0 heterocycles. The third-order valence-electron chi connectivity index (χ3n) is 4.59. The fourth-order valence-electron chi connectivity index (χ4n) is 2.91. The Morgan fingerprint density at radius 1 is 0.750 bits per heavy atom. The van der Waals surface area contributed by atoms with Gasteiger partial charge in [0.15, 0.2) is 0 Å². The van der Waals surface area contributed by atoms with E-state index in [9.17, 15) is 14.4 Å². The third kappa shape index (κ3) is 5.86. The number of benzene rings is 3. The van der Waals surface area contributed by atoms with Crippen molar-refractivity contribution in [1.29, 1.82) is 0 Å². The second-order valence-electron chi connectivity index (χ2n) is 6.72. The number of carbonyl (C=O) groups excluding carboxylic acids is 3. The fourth-order valence-corrected chi connectivity index (χ4v) is 3.14. The van der Waals surface area contributed by atoms with Crippen molar-refractivity contribution in [2.75, 3.05) is 25.5 Å². The zero-order chi connectivity index (χ0) is 22.9. The molecular formula is C24H22ClN3O4. The SMILES string of the molecule is COc1ccc(C(=O)Nc2ccccc2C(=O)NCCNC(=O)c2ccccc2Cl)cc1. The van der Waals surface area contributed by atoms with E-state index in [0.717, 1.165) is 0 Å². The average molecular weight is 452 g/mol. The van der Waals surface area contributed by atoms with Crippen LogP contribution in [0.2, 0.25) is 5.02 Å². The lowest BCUT2D eigenvalue weighted by molar-refractivity contribution is 0.0928. The van der Waals surface area contributed by atoms with Crippen molar-refractivity contribution in [1.82, 2.24) is 10.6 Å². The molecule has 0 atom stereocenters. The van der Waals surface area contributed by atoms with Gasteiger partial charge in [0.05, 0.1) is 28.9 Å². The summed E-state index contributed by atoms with van der Waals surface area (Å²) in [7, 11) is 1.55. The van der Waals surface area contributed by atoms with Crippen LogP contribution in [0.5, 0.6) is 5.75 Å². The van der Waals surface area contributed by atoms with Crippen molar-refractivity contribution in [3.8, 4) is 5.75 Å². The molecule has 0 aromatic heterocycles. The van der Waals surface area contributed by atoms with Gasteiger partial charge in [0.25, 0.3) is 17.7 Å². The van der Waals surface area contributed by atoms with Crippen LogP contribution in [0.4, 0.5) is 5.69 Å². The molecule has 0 aliphatic carbocycles. The molecule has 0 fully saturated rings. The van der Waals surface area contributed by atoms with Crippen LogP contribution in [-0.4, -0.2) is 37.9 Å². The molecule has 3 aromatic rings. The van der Waals surface area contributed by atoms with E-state index in [1.165, 1.54) is 0 Å². The van der Waals surface area contributed by atoms with Crippen LogP contribution in [0.1, 0.15) is 31.1 Å². The van der Waals surface area contributed by atoms with Gasteiger partial charge in [-0.15, -0.1) is 0 Å². The summed E-state index contributed by atoms with van der Waals surface area (Å²) >= 11 is 6.01. The van der Waals surface area contributed by atoms with Crippen molar-refractivity contribution in [2.24, 2.45) is 0 Å². The van der Waals surface area contributed by atoms with Gasteiger partial charge in [0.2, 0.25) is 0 Å².